The van der Waals surface area contributed by atoms with Gasteiger partial charge in [0.15, 0.2) is 11.6 Å². The summed E-state index contributed by atoms with van der Waals surface area (Å²) in [6, 6.07) is 2.52. The summed E-state index contributed by atoms with van der Waals surface area (Å²) >= 11 is 0. The van der Waals surface area contributed by atoms with Crippen LogP contribution in [0, 0.1) is 17.6 Å². The van der Waals surface area contributed by atoms with Crippen LogP contribution >= 0.6 is 0 Å². The highest BCUT2D eigenvalue weighted by atomic mass is 32.2. The highest BCUT2D eigenvalue weighted by Gasteiger charge is 2.32. The first-order chi connectivity index (χ1) is 10.4. The van der Waals surface area contributed by atoms with Crippen LogP contribution < -0.4 is 5.32 Å². The largest absolute Gasteiger partial charge is 0.356 e. The number of sulfonamides is 1. The summed E-state index contributed by atoms with van der Waals surface area (Å²) in [6.45, 7) is 2.72. The molecular weight excluding hydrogens is 314 g/mol. The lowest BCUT2D eigenvalue weighted by Gasteiger charge is -2.30. The zero-order valence-electron chi connectivity index (χ0n) is 12.2. The molecule has 0 unspecified atom stereocenters. The predicted molar refractivity (Wildman–Crippen MR) is 76.5 cm³/mol. The topological polar surface area (TPSA) is 66.5 Å². The maximum atomic E-state index is 13.2. The Morgan fingerprint density at radius 2 is 1.91 bits per heavy atom. The number of hydrogen-bond donors (Lipinski definition) is 1. The molecule has 0 aromatic heterocycles. The molecule has 1 heterocycles. The van der Waals surface area contributed by atoms with E-state index in [9.17, 15) is 22.0 Å². The number of carbonyl (C=O) groups excluding carboxylic acids is 1. The summed E-state index contributed by atoms with van der Waals surface area (Å²) in [6.07, 6.45) is 0.823. The van der Waals surface area contributed by atoms with E-state index in [4.69, 9.17) is 0 Å². The highest BCUT2D eigenvalue weighted by molar-refractivity contribution is 7.89. The minimum Gasteiger partial charge on any atom is -0.356 e. The number of hydrogen-bond acceptors (Lipinski definition) is 3. The van der Waals surface area contributed by atoms with Gasteiger partial charge in [-0.3, -0.25) is 4.79 Å². The Bertz CT molecular complexity index is 656. The van der Waals surface area contributed by atoms with Crippen LogP contribution in [0.5, 0.6) is 0 Å². The summed E-state index contributed by atoms with van der Waals surface area (Å²) in [5.74, 6) is -2.57. The monoisotopic (exact) mass is 332 g/mol. The highest BCUT2D eigenvalue weighted by Crippen LogP contribution is 2.24. The number of benzene rings is 1. The molecule has 0 aliphatic carbocycles. The van der Waals surface area contributed by atoms with Crippen molar-refractivity contribution in [2.24, 2.45) is 5.92 Å². The molecule has 0 radical (unpaired) electrons. The Balaban J connectivity index is 2.09. The SMILES string of the molecule is CCNC(=O)C1CCN(S(=O)(=O)c2ccc(F)c(F)c2)CC1. The van der Waals surface area contributed by atoms with Gasteiger partial charge in [0.1, 0.15) is 0 Å². The molecule has 8 heteroatoms. The van der Waals surface area contributed by atoms with E-state index in [1.54, 1.807) is 0 Å². The van der Waals surface area contributed by atoms with Gasteiger partial charge in [0.25, 0.3) is 0 Å². The standard InChI is InChI=1S/C14H18F2N2O3S/c1-2-17-14(19)10-5-7-18(8-6-10)22(20,21)11-3-4-12(15)13(16)9-11/h3-4,9-10H,2,5-8H2,1H3,(H,17,19). The molecule has 5 nitrogen and oxygen atoms in total. The van der Waals surface area contributed by atoms with Crippen LogP contribution in [0.2, 0.25) is 0 Å². The first kappa shape index (κ1) is 16.8. The van der Waals surface area contributed by atoms with Crippen LogP contribution in [0.15, 0.2) is 23.1 Å². The van der Waals surface area contributed by atoms with Crippen LogP contribution in [-0.4, -0.2) is 38.3 Å². The van der Waals surface area contributed by atoms with Crippen molar-refractivity contribution in [1.82, 2.24) is 9.62 Å². The van der Waals surface area contributed by atoms with Gasteiger partial charge < -0.3 is 5.32 Å². The maximum Gasteiger partial charge on any atom is 0.243 e. The number of nitrogens with zero attached hydrogens (tertiary/aromatic N) is 1. The Hall–Kier alpha value is -1.54. The molecule has 0 atom stereocenters. The van der Waals surface area contributed by atoms with Crippen molar-refractivity contribution in [1.29, 1.82) is 0 Å². The van der Waals surface area contributed by atoms with Crippen LogP contribution in [0.3, 0.4) is 0 Å². The van der Waals surface area contributed by atoms with Gasteiger partial charge >= 0.3 is 0 Å². The molecule has 2 rings (SSSR count). The molecule has 0 saturated carbocycles. The van der Waals surface area contributed by atoms with Crippen molar-refractivity contribution < 1.29 is 22.0 Å². The molecule has 0 bridgehead atoms. The lowest BCUT2D eigenvalue weighted by molar-refractivity contribution is -0.126. The fourth-order valence-corrected chi connectivity index (χ4v) is 3.95. The van der Waals surface area contributed by atoms with Crippen molar-refractivity contribution in [2.75, 3.05) is 19.6 Å². The summed E-state index contributed by atoms with van der Waals surface area (Å²) in [4.78, 5) is 11.5. The molecule has 0 spiro atoms. The van der Waals surface area contributed by atoms with Gasteiger partial charge in [-0.2, -0.15) is 4.31 Å². The lowest BCUT2D eigenvalue weighted by Crippen LogP contribution is -2.42. The van der Waals surface area contributed by atoms with Crippen LogP contribution in [0.25, 0.3) is 0 Å². The van der Waals surface area contributed by atoms with E-state index in [-0.39, 0.29) is 29.8 Å². The number of halogens is 2. The van der Waals surface area contributed by atoms with Gasteiger partial charge in [-0.15, -0.1) is 0 Å². The number of piperidine rings is 1. The van der Waals surface area contributed by atoms with Gasteiger partial charge in [-0.25, -0.2) is 17.2 Å². The number of amides is 1. The summed E-state index contributed by atoms with van der Waals surface area (Å²) in [5.41, 5.74) is 0. The Morgan fingerprint density at radius 1 is 1.27 bits per heavy atom. The van der Waals surface area contributed by atoms with Crippen molar-refractivity contribution in [3.05, 3.63) is 29.8 Å². The Labute approximate surface area is 128 Å². The number of carbonyl (C=O) groups is 1. The second-order valence-corrected chi connectivity index (χ2v) is 7.09. The molecule has 1 aromatic rings. The minimum atomic E-state index is -3.87. The van der Waals surface area contributed by atoms with Gasteiger partial charge in [0.05, 0.1) is 4.90 Å². The first-order valence-corrected chi connectivity index (χ1v) is 8.53. The quantitative estimate of drug-likeness (QED) is 0.909. The summed E-state index contributed by atoms with van der Waals surface area (Å²) < 4.78 is 52.1. The average molecular weight is 332 g/mol. The van der Waals surface area contributed by atoms with Gasteiger partial charge in [0, 0.05) is 25.6 Å². The van der Waals surface area contributed by atoms with Crippen molar-refractivity contribution in [3.8, 4) is 0 Å². The fourth-order valence-electron chi connectivity index (χ4n) is 2.46. The molecule has 1 aliphatic rings. The van der Waals surface area contributed by atoms with Crippen molar-refractivity contribution in [3.63, 3.8) is 0 Å². The van der Waals surface area contributed by atoms with Gasteiger partial charge in [-0.05, 0) is 38.0 Å². The second-order valence-electron chi connectivity index (χ2n) is 5.15. The molecule has 22 heavy (non-hydrogen) atoms. The third kappa shape index (κ3) is 3.44. The number of nitrogens with one attached hydrogen (secondary N) is 1. The summed E-state index contributed by atoms with van der Waals surface area (Å²) in [5, 5.41) is 2.72. The molecule has 1 aliphatic heterocycles. The molecule has 1 N–H and O–H groups in total. The van der Waals surface area contributed by atoms with Crippen molar-refractivity contribution >= 4 is 15.9 Å². The van der Waals surface area contributed by atoms with Gasteiger partial charge in [0.2, 0.25) is 15.9 Å². The van der Waals surface area contributed by atoms with E-state index in [0.29, 0.717) is 25.5 Å². The molecule has 1 amide bonds. The summed E-state index contributed by atoms with van der Waals surface area (Å²) in [7, 11) is -3.87. The zero-order valence-corrected chi connectivity index (χ0v) is 13.0. The molecule has 122 valence electrons. The molecule has 1 fully saturated rings. The third-order valence-corrected chi connectivity index (χ3v) is 5.60. The van der Waals surface area contributed by atoms with Crippen LogP contribution in [-0.2, 0) is 14.8 Å². The first-order valence-electron chi connectivity index (χ1n) is 7.09. The number of rotatable bonds is 4. The van der Waals surface area contributed by atoms with Crippen LogP contribution in [0.4, 0.5) is 8.78 Å². The molecule has 1 aromatic carbocycles. The second kappa shape index (κ2) is 6.70. The van der Waals surface area contributed by atoms with E-state index in [1.165, 1.54) is 4.31 Å². The Kier molecular flexibility index (Phi) is 5.12. The minimum absolute atomic E-state index is 0.0765. The lowest BCUT2D eigenvalue weighted by atomic mass is 9.97. The fraction of sp³-hybridized carbons (Fsp3) is 0.500. The van der Waals surface area contributed by atoms with Crippen molar-refractivity contribution in [2.45, 2.75) is 24.7 Å². The van der Waals surface area contributed by atoms with E-state index in [0.717, 1.165) is 12.1 Å². The zero-order chi connectivity index (χ0) is 16.3. The van der Waals surface area contributed by atoms with E-state index < -0.39 is 21.7 Å². The average Bonchev–Trinajstić information content (AvgIpc) is 2.50. The maximum absolute atomic E-state index is 13.2. The third-order valence-electron chi connectivity index (χ3n) is 3.70. The molecule has 1 saturated heterocycles. The van der Waals surface area contributed by atoms with E-state index in [1.807, 2.05) is 6.92 Å². The van der Waals surface area contributed by atoms with E-state index in [2.05, 4.69) is 5.32 Å². The van der Waals surface area contributed by atoms with E-state index >= 15 is 0 Å². The Morgan fingerprint density at radius 3 is 2.45 bits per heavy atom. The normalized spacial score (nSPS) is 17.4. The van der Waals surface area contributed by atoms with Crippen LogP contribution in [0.1, 0.15) is 19.8 Å². The smallest absolute Gasteiger partial charge is 0.243 e. The van der Waals surface area contributed by atoms with Gasteiger partial charge in [-0.1, -0.05) is 0 Å². The molecular formula is C14H18F2N2O3S. The predicted octanol–water partition coefficient (Wildman–Crippen LogP) is 1.50.